The van der Waals surface area contributed by atoms with Gasteiger partial charge in [0.25, 0.3) is 5.91 Å². The van der Waals surface area contributed by atoms with E-state index in [4.69, 9.17) is 0 Å². The monoisotopic (exact) mass is 238 g/mol. The lowest BCUT2D eigenvalue weighted by atomic mass is 10.2. The number of nitrogens with zero attached hydrogens (tertiary/aromatic N) is 1. The van der Waals surface area contributed by atoms with Gasteiger partial charge in [-0.25, -0.2) is 0 Å². The van der Waals surface area contributed by atoms with Crippen LogP contribution in [-0.2, 0) is 4.79 Å². The summed E-state index contributed by atoms with van der Waals surface area (Å²) >= 11 is 4.16. The van der Waals surface area contributed by atoms with E-state index in [1.54, 1.807) is 31.3 Å². The fourth-order valence-electron chi connectivity index (χ4n) is 1.23. The Kier molecular flexibility index (Phi) is 4.37. The van der Waals surface area contributed by atoms with Gasteiger partial charge in [-0.2, -0.15) is 0 Å². The number of likely N-dealkylation sites (N-methyl/N-ethyl adjacent to an activating group) is 2. The quantitative estimate of drug-likeness (QED) is 0.765. The Hall–Kier alpha value is -1.49. The van der Waals surface area contributed by atoms with Gasteiger partial charge in [0.1, 0.15) is 0 Å². The lowest BCUT2D eigenvalue weighted by Crippen LogP contribution is -2.36. The van der Waals surface area contributed by atoms with E-state index in [2.05, 4.69) is 17.9 Å². The number of hydrogen-bond acceptors (Lipinski definition) is 3. The van der Waals surface area contributed by atoms with Crippen LogP contribution in [0.4, 0.5) is 0 Å². The smallest absolute Gasteiger partial charge is 0.254 e. The predicted octanol–water partition coefficient (Wildman–Crippen LogP) is 0.793. The van der Waals surface area contributed by atoms with Crippen LogP contribution in [0.25, 0.3) is 0 Å². The van der Waals surface area contributed by atoms with Crippen molar-refractivity contribution in [1.29, 1.82) is 0 Å². The maximum absolute atomic E-state index is 11.9. The Bertz CT molecular complexity index is 407. The Morgan fingerprint density at radius 2 is 2.12 bits per heavy atom. The van der Waals surface area contributed by atoms with E-state index in [1.165, 1.54) is 11.9 Å². The molecule has 86 valence electrons. The van der Waals surface area contributed by atoms with E-state index in [0.717, 1.165) is 4.90 Å². The van der Waals surface area contributed by atoms with Crippen LogP contribution in [0.5, 0.6) is 0 Å². The molecule has 4 nitrogen and oxygen atoms in total. The number of rotatable bonds is 3. The van der Waals surface area contributed by atoms with E-state index in [-0.39, 0.29) is 18.4 Å². The van der Waals surface area contributed by atoms with Gasteiger partial charge in [-0.15, -0.1) is 12.6 Å². The third-order valence-electron chi connectivity index (χ3n) is 2.10. The molecule has 1 rings (SSSR count). The van der Waals surface area contributed by atoms with Crippen molar-refractivity contribution in [3.63, 3.8) is 0 Å². The fourth-order valence-corrected chi connectivity index (χ4v) is 1.45. The minimum Gasteiger partial charge on any atom is -0.358 e. The SMILES string of the molecule is CNC(=O)CN(C)C(=O)c1cccc(S)c1. The molecule has 0 aliphatic rings. The first-order chi connectivity index (χ1) is 7.54. The summed E-state index contributed by atoms with van der Waals surface area (Å²) in [7, 11) is 3.12. The van der Waals surface area contributed by atoms with Gasteiger partial charge < -0.3 is 10.2 Å². The Balaban J connectivity index is 2.74. The van der Waals surface area contributed by atoms with Crippen LogP contribution in [0.1, 0.15) is 10.4 Å². The summed E-state index contributed by atoms with van der Waals surface area (Å²) in [5.41, 5.74) is 0.527. The number of thiol groups is 1. The third-order valence-corrected chi connectivity index (χ3v) is 2.38. The standard InChI is InChI=1S/C11H14N2O2S/c1-12-10(14)7-13(2)11(15)8-4-3-5-9(16)6-8/h3-6,16H,7H2,1-2H3,(H,12,14). The Labute approximate surface area is 100 Å². The second-order valence-corrected chi connectivity index (χ2v) is 3.90. The molecule has 0 aliphatic carbocycles. The second kappa shape index (κ2) is 5.55. The molecular weight excluding hydrogens is 224 g/mol. The highest BCUT2D eigenvalue weighted by Crippen LogP contribution is 2.10. The zero-order valence-electron chi connectivity index (χ0n) is 9.23. The van der Waals surface area contributed by atoms with Crippen LogP contribution in [0.2, 0.25) is 0 Å². The zero-order chi connectivity index (χ0) is 12.1. The lowest BCUT2D eigenvalue weighted by Gasteiger charge is -2.16. The van der Waals surface area contributed by atoms with Crippen LogP contribution in [0.3, 0.4) is 0 Å². The number of nitrogens with one attached hydrogen (secondary N) is 1. The highest BCUT2D eigenvalue weighted by molar-refractivity contribution is 7.80. The Morgan fingerprint density at radius 1 is 1.44 bits per heavy atom. The second-order valence-electron chi connectivity index (χ2n) is 3.38. The van der Waals surface area contributed by atoms with E-state index < -0.39 is 0 Å². The molecule has 0 atom stereocenters. The first-order valence-corrected chi connectivity index (χ1v) is 5.24. The largest absolute Gasteiger partial charge is 0.358 e. The molecule has 0 aromatic heterocycles. The Morgan fingerprint density at radius 3 is 2.69 bits per heavy atom. The highest BCUT2D eigenvalue weighted by atomic mass is 32.1. The summed E-state index contributed by atoms with van der Waals surface area (Å²) in [5, 5.41) is 2.47. The molecule has 0 heterocycles. The van der Waals surface area contributed by atoms with Crippen molar-refractivity contribution in [1.82, 2.24) is 10.2 Å². The van der Waals surface area contributed by atoms with E-state index in [1.807, 2.05) is 0 Å². The maximum atomic E-state index is 11.9. The van der Waals surface area contributed by atoms with Gasteiger partial charge >= 0.3 is 0 Å². The van der Waals surface area contributed by atoms with Gasteiger partial charge in [-0.1, -0.05) is 6.07 Å². The van der Waals surface area contributed by atoms with Crippen LogP contribution < -0.4 is 5.32 Å². The molecule has 1 aromatic rings. The number of carbonyl (C=O) groups is 2. The van der Waals surface area contributed by atoms with Crippen molar-refractivity contribution < 1.29 is 9.59 Å². The van der Waals surface area contributed by atoms with Crippen LogP contribution in [-0.4, -0.2) is 37.4 Å². The van der Waals surface area contributed by atoms with Crippen molar-refractivity contribution in [2.75, 3.05) is 20.6 Å². The highest BCUT2D eigenvalue weighted by Gasteiger charge is 2.13. The van der Waals surface area contributed by atoms with Crippen LogP contribution in [0.15, 0.2) is 29.2 Å². The number of amides is 2. The first-order valence-electron chi connectivity index (χ1n) is 4.79. The molecule has 0 fully saturated rings. The molecule has 5 heteroatoms. The number of benzene rings is 1. The van der Waals surface area contributed by atoms with Gasteiger partial charge in [0.15, 0.2) is 0 Å². The minimum atomic E-state index is -0.196. The molecule has 0 spiro atoms. The molecule has 2 amide bonds. The summed E-state index contributed by atoms with van der Waals surface area (Å²) in [6, 6.07) is 6.91. The van der Waals surface area contributed by atoms with Crippen LogP contribution >= 0.6 is 12.6 Å². The molecule has 0 saturated carbocycles. The molecule has 1 N–H and O–H groups in total. The number of hydrogen-bond donors (Lipinski definition) is 2. The van der Waals surface area contributed by atoms with Gasteiger partial charge in [0, 0.05) is 24.6 Å². The minimum absolute atomic E-state index is 0.0478. The van der Waals surface area contributed by atoms with E-state index in [0.29, 0.717) is 5.56 Å². The first kappa shape index (κ1) is 12.6. The van der Waals surface area contributed by atoms with Crippen molar-refractivity contribution >= 4 is 24.4 Å². The summed E-state index contributed by atoms with van der Waals surface area (Å²) < 4.78 is 0. The van der Waals surface area contributed by atoms with Crippen molar-refractivity contribution in [3.8, 4) is 0 Å². The average Bonchev–Trinajstić information content (AvgIpc) is 2.27. The summed E-state index contributed by atoms with van der Waals surface area (Å²) in [6.45, 7) is 0.0478. The molecule has 1 aromatic carbocycles. The van der Waals surface area contributed by atoms with Gasteiger partial charge in [0.2, 0.25) is 5.91 Å². The molecule has 0 bridgehead atoms. The molecule has 0 saturated heterocycles. The summed E-state index contributed by atoms with van der Waals surface area (Å²) in [5.74, 6) is -0.391. The maximum Gasteiger partial charge on any atom is 0.254 e. The summed E-state index contributed by atoms with van der Waals surface area (Å²) in [6.07, 6.45) is 0. The normalized spacial score (nSPS) is 9.69. The van der Waals surface area contributed by atoms with Crippen molar-refractivity contribution in [2.45, 2.75) is 4.90 Å². The van der Waals surface area contributed by atoms with E-state index >= 15 is 0 Å². The van der Waals surface area contributed by atoms with Crippen LogP contribution in [0, 0.1) is 0 Å². The predicted molar refractivity (Wildman–Crippen MR) is 64.7 cm³/mol. The van der Waals surface area contributed by atoms with Gasteiger partial charge in [-0.05, 0) is 18.2 Å². The molecular formula is C11H14N2O2S. The third kappa shape index (κ3) is 3.27. The van der Waals surface area contributed by atoms with Crippen molar-refractivity contribution in [2.24, 2.45) is 0 Å². The van der Waals surface area contributed by atoms with Gasteiger partial charge in [0.05, 0.1) is 6.54 Å². The number of carbonyl (C=O) groups excluding carboxylic acids is 2. The topological polar surface area (TPSA) is 49.4 Å². The van der Waals surface area contributed by atoms with Crippen molar-refractivity contribution in [3.05, 3.63) is 29.8 Å². The summed E-state index contributed by atoms with van der Waals surface area (Å²) in [4.78, 5) is 25.0. The average molecular weight is 238 g/mol. The molecule has 16 heavy (non-hydrogen) atoms. The van der Waals surface area contributed by atoms with E-state index in [9.17, 15) is 9.59 Å². The van der Waals surface area contributed by atoms with Gasteiger partial charge in [-0.3, -0.25) is 9.59 Å². The molecule has 0 aliphatic heterocycles. The molecule has 0 radical (unpaired) electrons. The molecule has 0 unspecified atom stereocenters. The zero-order valence-corrected chi connectivity index (χ0v) is 10.1. The lowest BCUT2D eigenvalue weighted by molar-refractivity contribution is -0.121. The fraction of sp³-hybridized carbons (Fsp3) is 0.273.